The molecular formula is C19H21BrN2. The van der Waals surface area contributed by atoms with E-state index in [1.54, 1.807) is 0 Å². The van der Waals surface area contributed by atoms with Crippen LogP contribution in [0.1, 0.15) is 42.3 Å². The van der Waals surface area contributed by atoms with Crippen molar-refractivity contribution >= 4 is 21.4 Å². The van der Waals surface area contributed by atoms with Gasteiger partial charge in [0.2, 0.25) is 0 Å². The maximum absolute atomic E-state index is 4.87. The van der Waals surface area contributed by atoms with E-state index in [1.807, 2.05) is 0 Å². The lowest BCUT2D eigenvalue weighted by Gasteiger charge is -2.04. The molecule has 22 heavy (non-hydrogen) atoms. The van der Waals surface area contributed by atoms with Crippen LogP contribution in [-0.2, 0) is 12.8 Å². The highest BCUT2D eigenvalue weighted by Gasteiger charge is 2.13. The van der Waals surface area contributed by atoms with Crippen LogP contribution in [-0.4, -0.2) is 9.61 Å². The minimum Gasteiger partial charge on any atom is -0.238 e. The largest absolute Gasteiger partial charge is 0.238 e. The van der Waals surface area contributed by atoms with Crippen LogP contribution in [0.25, 0.3) is 5.52 Å². The Morgan fingerprint density at radius 2 is 1.86 bits per heavy atom. The van der Waals surface area contributed by atoms with Crippen molar-refractivity contribution < 1.29 is 0 Å². The van der Waals surface area contributed by atoms with Crippen molar-refractivity contribution in [3.8, 4) is 0 Å². The van der Waals surface area contributed by atoms with Crippen molar-refractivity contribution in [1.29, 1.82) is 0 Å². The maximum Gasteiger partial charge on any atom is 0.0702 e. The second-order valence-electron chi connectivity index (χ2n) is 5.80. The first-order chi connectivity index (χ1) is 10.7. The van der Waals surface area contributed by atoms with Crippen LogP contribution in [0.3, 0.4) is 0 Å². The van der Waals surface area contributed by atoms with E-state index in [-0.39, 0.29) is 0 Å². The van der Waals surface area contributed by atoms with Gasteiger partial charge >= 0.3 is 0 Å². The Labute approximate surface area is 140 Å². The van der Waals surface area contributed by atoms with Gasteiger partial charge < -0.3 is 0 Å². The fraction of sp³-hybridized carbons (Fsp3) is 0.316. The molecule has 0 fully saturated rings. The number of nitrogens with zero attached hydrogens (tertiary/aromatic N) is 2. The van der Waals surface area contributed by atoms with E-state index in [2.05, 4.69) is 76.8 Å². The second-order valence-corrected chi connectivity index (χ2v) is 6.71. The van der Waals surface area contributed by atoms with Crippen LogP contribution in [0.2, 0.25) is 0 Å². The number of aromatic nitrogens is 2. The Bertz CT molecular complexity index is 772. The van der Waals surface area contributed by atoms with Gasteiger partial charge in [-0.05, 0) is 49.6 Å². The lowest BCUT2D eigenvalue weighted by Crippen LogP contribution is -1.94. The highest BCUT2D eigenvalue weighted by atomic mass is 79.9. The fourth-order valence-electron chi connectivity index (χ4n) is 2.84. The number of hydrogen-bond donors (Lipinski definition) is 0. The van der Waals surface area contributed by atoms with Gasteiger partial charge in [-0.2, -0.15) is 5.10 Å². The van der Waals surface area contributed by atoms with Gasteiger partial charge in [-0.1, -0.05) is 47.5 Å². The molecule has 0 amide bonds. The quantitative estimate of drug-likeness (QED) is 0.603. The molecule has 1 aromatic carbocycles. The van der Waals surface area contributed by atoms with Gasteiger partial charge in [-0.3, -0.25) is 0 Å². The normalized spacial score (nSPS) is 11.2. The number of benzene rings is 1. The Kier molecular flexibility index (Phi) is 4.63. The number of aryl methyl sites for hydroxylation is 2. The second kappa shape index (κ2) is 6.66. The number of hydrogen-bond acceptors (Lipinski definition) is 1. The Morgan fingerprint density at radius 3 is 2.59 bits per heavy atom. The highest BCUT2D eigenvalue weighted by Crippen LogP contribution is 2.23. The highest BCUT2D eigenvalue weighted by molar-refractivity contribution is 9.10. The molecule has 0 radical (unpaired) electrons. The molecule has 2 aromatic heterocycles. The van der Waals surface area contributed by atoms with Crippen LogP contribution in [0.4, 0.5) is 0 Å². The number of halogens is 1. The Balaban J connectivity index is 2.04. The molecule has 0 saturated carbocycles. The molecule has 114 valence electrons. The average Bonchev–Trinajstić information content (AvgIpc) is 2.87. The van der Waals surface area contributed by atoms with Crippen LogP contribution < -0.4 is 0 Å². The molecule has 0 unspecified atom stereocenters. The number of fused-ring (bicyclic) bond motifs is 1. The molecule has 3 aromatic rings. The van der Waals surface area contributed by atoms with Gasteiger partial charge in [0.25, 0.3) is 0 Å². The molecule has 3 rings (SSSR count). The lowest BCUT2D eigenvalue weighted by molar-refractivity contribution is 0.753. The zero-order valence-electron chi connectivity index (χ0n) is 13.1. The van der Waals surface area contributed by atoms with E-state index in [4.69, 9.17) is 5.10 Å². The molecule has 0 N–H and O–H groups in total. The van der Waals surface area contributed by atoms with Gasteiger partial charge in [0, 0.05) is 22.2 Å². The first-order valence-electron chi connectivity index (χ1n) is 7.89. The van der Waals surface area contributed by atoms with E-state index in [1.165, 1.54) is 40.9 Å². The summed E-state index contributed by atoms with van der Waals surface area (Å²) in [6.45, 7) is 4.35. The summed E-state index contributed by atoms with van der Waals surface area (Å²) in [7, 11) is 0. The van der Waals surface area contributed by atoms with Crippen molar-refractivity contribution in [1.82, 2.24) is 9.61 Å². The third-order valence-corrected chi connectivity index (χ3v) is 4.62. The summed E-state index contributed by atoms with van der Waals surface area (Å²) in [6, 6.07) is 15.0. The third kappa shape index (κ3) is 3.09. The lowest BCUT2D eigenvalue weighted by atomic mass is 10.0. The van der Waals surface area contributed by atoms with E-state index in [0.717, 1.165) is 17.3 Å². The number of rotatable bonds is 5. The zero-order valence-corrected chi connectivity index (χ0v) is 14.7. The average molecular weight is 357 g/mol. The van der Waals surface area contributed by atoms with Gasteiger partial charge in [-0.15, -0.1) is 0 Å². The predicted octanol–water partition coefficient (Wildman–Crippen LogP) is 5.34. The minimum absolute atomic E-state index is 0.944. The molecular weight excluding hydrogens is 336 g/mol. The van der Waals surface area contributed by atoms with Crippen molar-refractivity contribution in [2.45, 2.75) is 39.5 Å². The zero-order chi connectivity index (χ0) is 15.5. The minimum atomic E-state index is 0.944. The van der Waals surface area contributed by atoms with E-state index >= 15 is 0 Å². The monoisotopic (exact) mass is 356 g/mol. The van der Waals surface area contributed by atoms with Gasteiger partial charge in [0.15, 0.2) is 0 Å². The maximum atomic E-state index is 4.87. The molecule has 2 nitrogen and oxygen atoms in total. The molecule has 3 heteroatoms. The van der Waals surface area contributed by atoms with Gasteiger partial charge in [-0.25, -0.2) is 4.52 Å². The smallest absolute Gasteiger partial charge is 0.0702 e. The van der Waals surface area contributed by atoms with Gasteiger partial charge in [0.1, 0.15) is 0 Å². The van der Waals surface area contributed by atoms with Crippen LogP contribution in [0, 0.1) is 6.92 Å². The van der Waals surface area contributed by atoms with Crippen LogP contribution in [0.15, 0.2) is 46.9 Å². The molecule has 0 atom stereocenters. The third-order valence-electron chi connectivity index (χ3n) is 4.09. The summed E-state index contributed by atoms with van der Waals surface area (Å²) >= 11 is 3.50. The molecule has 0 aliphatic carbocycles. The summed E-state index contributed by atoms with van der Waals surface area (Å²) < 4.78 is 3.22. The fourth-order valence-corrected chi connectivity index (χ4v) is 3.11. The Hall–Kier alpha value is -1.61. The molecule has 2 heterocycles. The topological polar surface area (TPSA) is 17.3 Å². The predicted molar refractivity (Wildman–Crippen MR) is 95.5 cm³/mol. The molecule has 0 aliphatic heterocycles. The van der Waals surface area contributed by atoms with Gasteiger partial charge in [0.05, 0.1) is 11.2 Å². The molecule has 0 bridgehead atoms. The number of pyridine rings is 1. The van der Waals surface area contributed by atoms with Crippen molar-refractivity contribution in [2.75, 3.05) is 0 Å². The number of unbranched alkanes of at least 4 members (excludes halogenated alkanes) is 1. The summed E-state index contributed by atoms with van der Waals surface area (Å²) in [5.41, 5.74) is 6.39. The first-order valence-corrected chi connectivity index (χ1v) is 8.69. The van der Waals surface area contributed by atoms with Crippen molar-refractivity contribution in [2.24, 2.45) is 0 Å². The van der Waals surface area contributed by atoms with E-state index in [9.17, 15) is 0 Å². The summed E-state index contributed by atoms with van der Waals surface area (Å²) in [5.74, 6) is 0. The first kappa shape index (κ1) is 15.3. The van der Waals surface area contributed by atoms with E-state index in [0.29, 0.717) is 0 Å². The van der Waals surface area contributed by atoms with Crippen LogP contribution in [0.5, 0.6) is 0 Å². The standard InChI is InChI=1S/C19H21BrN2/c1-3-4-7-18-17(13-15-9-11-16(20)12-10-15)19-8-5-6-14(2)22(19)21-18/h5-6,8-12H,3-4,7,13H2,1-2H3. The van der Waals surface area contributed by atoms with E-state index < -0.39 is 0 Å². The summed E-state index contributed by atoms with van der Waals surface area (Å²) in [6.07, 6.45) is 4.39. The summed E-state index contributed by atoms with van der Waals surface area (Å²) in [5, 5.41) is 4.87. The SMILES string of the molecule is CCCCc1nn2c(C)cccc2c1Cc1ccc(Br)cc1. The van der Waals surface area contributed by atoms with Crippen molar-refractivity contribution in [3.63, 3.8) is 0 Å². The molecule has 0 spiro atoms. The van der Waals surface area contributed by atoms with Crippen molar-refractivity contribution in [3.05, 3.63) is 69.5 Å². The van der Waals surface area contributed by atoms with Crippen LogP contribution >= 0.6 is 15.9 Å². The molecule has 0 saturated heterocycles. The molecule has 0 aliphatic rings. The Morgan fingerprint density at radius 1 is 1.09 bits per heavy atom. The summed E-state index contributed by atoms with van der Waals surface area (Å²) in [4.78, 5) is 0.